The van der Waals surface area contributed by atoms with Crippen LogP contribution in [0.25, 0.3) is 17.1 Å². The van der Waals surface area contributed by atoms with Crippen LogP contribution in [-0.4, -0.2) is 38.3 Å². The molecule has 1 aromatic heterocycles. The van der Waals surface area contributed by atoms with Gasteiger partial charge in [0.25, 0.3) is 0 Å². The number of para-hydroxylation sites is 1. The molecule has 0 aliphatic carbocycles. The number of thiocarbonyl (C=S) groups is 1. The maximum absolute atomic E-state index is 12.5. The van der Waals surface area contributed by atoms with Crippen LogP contribution in [0, 0.1) is 0 Å². The topological polar surface area (TPSA) is 93.1 Å². The quantitative estimate of drug-likeness (QED) is 0.203. The lowest BCUT2D eigenvalue weighted by atomic mass is 10.0. The van der Waals surface area contributed by atoms with Crippen molar-refractivity contribution in [1.82, 2.24) is 25.4 Å². The highest BCUT2D eigenvalue weighted by Crippen LogP contribution is 2.25. The molecule has 1 heterocycles. The Balaban J connectivity index is 1.29. The fourth-order valence-corrected chi connectivity index (χ4v) is 4.35. The molecular formula is C29H29F3N6O2S. The van der Waals surface area contributed by atoms with Crippen molar-refractivity contribution in [3.63, 3.8) is 0 Å². The van der Waals surface area contributed by atoms with Crippen LogP contribution in [0.4, 0.5) is 23.7 Å². The standard InChI is InChI=1S/C29H29F3N6O2S/c1-18(2)24-6-4-5-7-25(24)35-28(41)36-27(39)34-19(3)16-20-8-10-21(11-9-20)26-33-17-38(37-26)22-12-14-23(15-13-22)40-29(30,31)32/h4-15,17-19H,16H2,1-3H3,(H3,34,35,36,39,41). The summed E-state index contributed by atoms with van der Waals surface area (Å²) in [5.41, 5.74) is 4.25. The van der Waals surface area contributed by atoms with Crippen LogP contribution in [0.3, 0.4) is 0 Å². The van der Waals surface area contributed by atoms with Gasteiger partial charge in [0.05, 0.1) is 5.69 Å². The van der Waals surface area contributed by atoms with E-state index in [9.17, 15) is 18.0 Å². The van der Waals surface area contributed by atoms with Crippen LogP contribution in [0.1, 0.15) is 37.8 Å². The van der Waals surface area contributed by atoms with Gasteiger partial charge in [0.2, 0.25) is 0 Å². The van der Waals surface area contributed by atoms with Gasteiger partial charge in [0.1, 0.15) is 12.1 Å². The Morgan fingerprint density at radius 2 is 1.68 bits per heavy atom. The Morgan fingerprint density at radius 3 is 2.34 bits per heavy atom. The van der Waals surface area contributed by atoms with Gasteiger partial charge < -0.3 is 15.4 Å². The van der Waals surface area contributed by atoms with E-state index in [1.165, 1.54) is 35.3 Å². The number of anilines is 1. The highest BCUT2D eigenvalue weighted by atomic mass is 32.1. The van der Waals surface area contributed by atoms with Crippen LogP contribution in [0.2, 0.25) is 0 Å². The van der Waals surface area contributed by atoms with Crippen LogP contribution in [0.5, 0.6) is 5.75 Å². The van der Waals surface area contributed by atoms with Crippen molar-refractivity contribution in [3.05, 3.63) is 90.3 Å². The first kappa shape index (κ1) is 29.5. The molecule has 0 saturated heterocycles. The molecule has 1 unspecified atom stereocenters. The Morgan fingerprint density at radius 1 is 1.00 bits per heavy atom. The first-order chi connectivity index (χ1) is 19.5. The molecule has 4 aromatic rings. The number of nitrogens with one attached hydrogen (secondary N) is 3. The van der Waals surface area contributed by atoms with Crippen molar-refractivity contribution in [3.8, 4) is 22.8 Å². The summed E-state index contributed by atoms with van der Waals surface area (Å²) in [7, 11) is 0. The van der Waals surface area contributed by atoms with E-state index in [4.69, 9.17) is 12.2 Å². The summed E-state index contributed by atoms with van der Waals surface area (Å²) in [5, 5.41) is 13.3. The number of urea groups is 1. The molecule has 0 spiro atoms. The molecular weight excluding hydrogens is 553 g/mol. The van der Waals surface area contributed by atoms with Crippen molar-refractivity contribution in [2.75, 3.05) is 5.32 Å². The van der Waals surface area contributed by atoms with Gasteiger partial charge in [0, 0.05) is 17.3 Å². The number of aromatic nitrogens is 3. The molecule has 2 amide bonds. The van der Waals surface area contributed by atoms with Crippen LogP contribution >= 0.6 is 12.2 Å². The number of rotatable bonds is 8. The van der Waals surface area contributed by atoms with Crippen molar-refractivity contribution in [2.24, 2.45) is 0 Å². The minimum Gasteiger partial charge on any atom is -0.406 e. The number of hydrogen-bond donors (Lipinski definition) is 3. The molecule has 8 nitrogen and oxygen atoms in total. The first-order valence-corrected chi connectivity index (χ1v) is 13.2. The van der Waals surface area contributed by atoms with Crippen molar-refractivity contribution in [1.29, 1.82) is 0 Å². The van der Waals surface area contributed by atoms with E-state index in [1.54, 1.807) is 0 Å². The summed E-state index contributed by atoms with van der Waals surface area (Å²) in [6.07, 6.45) is -2.69. The highest BCUT2D eigenvalue weighted by molar-refractivity contribution is 7.80. The fraction of sp³-hybridized carbons (Fsp3) is 0.241. The minimum atomic E-state index is -4.75. The number of carbonyl (C=O) groups excluding carboxylic acids is 1. The second-order valence-electron chi connectivity index (χ2n) is 9.65. The normalized spacial score (nSPS) is 12.1. The Labute approximate surface area is 240 Å². The first-order valence-electron chi connectivity index (χ1n) is 12.8. The minimum absolute atomic E-state index is 0.173. The maximum Gasteiger partial charge on any atom is 0.573 e. The van der Waals surface area contributed by atoms with Crippen molar-refractivity contribution in [2.45, 2.75) is 45.5 Å². The molecule has 0 fully saturated rings. The number of benzene rings is 3. The van der Waals surface area contributed by atoms with Crippen LogP contribution < -0.4 is 20.7 Å². The van der Waals surface area contributed by atoms with E-state index in [0.29, 0.717) is 23.9 Å². The summed E-state index contributed by atoms with van der Waals surface area (Å²) in [4.78, 5) is 16.8. The molecule has 0 saturated carbocycles. The predicted molar refractivity (Wildman–Crippen MR) is 155 cm³/mol. The van der Waals surface area contributed by atoms with Crippen LogP contribution in [-0.2, 0) is 6.42 Å². The number of halogens is 3. The largest absolute Gasteiger partial charge is 0.573 e. The van der Waals surface area contributed by atoms with E-state index in [-0.39, 0.29) is 16.9 Å². The number of alkyl halides is 3. The highest BCUT2D eigenvalue weighted by Gasteiger charge is 2.31. The van der Waals surface area contributed by atoms with E-state index in [1.807, 2.05) is 55.5 Å². The molecule has 0 aliphatic rings. The second kappa shape index (κ2) is 12.8. The van der Waals surface area contributed by atoms with E-state index >= 15 is 0 Å². The number of hydrogen-bond acceptors (Lipinski definition) is 5. The maximum atomic E-state index is 12.5. The number of nitrogens with zero attached hydrogens (tertiary/aromatic N) is 3. The van der Waals surface area contributed by atoms with Gasteiger partial charge in [-0.2, -0.15) is 0 Å². The number of amides is 2. The van der Waals surface area contributed by atoms with E-state index < -0.39 is 12.4 Å². The molecule has 3 aromatic carbocycles. The molecule has 41 heavy (non-hydrogen) atoms. The third kappa shape index (κ3) is 8.52. The Bertz CT molecular complexity index is 1490. The van der Waals surface area contributed by atoms with Crippen molar-refractivity contribution >= 4 is 29.0 Å². The zero-order valence-corrected chi connectivity index (χ0v) is 23.4. The molecule has 12 heteroatoms. The van der Waals surface area contributed by atoms with Gasteiger partial charge in [-0.15, -0.1) is 18.3 Å². The molecule has 0 bridgehead atoms. The lowest BCUT2D eigenvalue weighted by Gasteiger charge is -2.18. The van der Waals surface area contributed by atoms with Gasteiger partial charge >= 0.3 is 12.4 Å². The summed E-state index contributed by atoms with van der Waals surface area (Å²) in [6, 6.07) is 20.2. The zero-order valence-electron chi connectivity index (χ0n) is 22.6. The van der Waals surface area contributed by atoms with Gasteiger partial charge in [-0.1, -0.05) is 56.3 Å². The van der Waals surface area contributed by atoms with Gasteiger partial charge in [-0.25, -0.2) is 14.5 Å². The number of carbonyl (C=O) groups is 1. The van der Waals surface area contributed by atoms with E-state index in [0.717, 1.165) is 22.4 Å². The van der Waals surface area contributed by atoms with Gasteiger partial charge in [-0.3, -0.25) is 5.32 Å². The Kier molecular flexibility index (Phi) is 9.23. The smallest absolute Gasteiger partial charge is 0.406 e. The summed E-state index contributed by atoms with van der Waals surface area (Å²) >= 11 is 5.32. The summed E-state index contributed by atoms with van der Waals surface area (Å²) < 4.78 is 42.5. The lowest BCUT2D eigenvalue weighted by molar-refractivity contribution is -0.274. The molecule has 0 aliphatic heterocycles. The van der Waals surface area contributed by atoms with Gasteiger partial charge in [0.15, 0.2) is 10.9 Å². The van der Waals surface area contributed by atoms with Crippen LogP contribution in [0.15, 0.2) is 79.1 Å². The lowest BCUT2D eigenvalue weighted by Crippen LogP contribution is -2.45. The molecule has 214 valence electrons. The SMILES string of the molecule is CC(Cc1ccc(-c2ncn(-c3ccc(OC(F)(F)F)cc3)n2)cc1)NC(=O)NC(=S)Nc1ccccc1C(C)C. The molecule has 4 rings (SSSR count). The third-order valence-electron chi connectivity index (χ3n) is 6.02. The van der Waals surface area contributed by atoms with E-state index in [2.05, 4.69) is 44.6 Å². The summed E-state index contributed by atoms with van der Waals surface area (Å²) in [6.45, 7) is 6.07. The van der Waals surface area contributed by atoms with Crippen molar-refractivity contribution < 1.29 is 22.7 Å². The fourth-order valence-electron chi connectivity index (χ4n) is 4.15. The average molecular weight is 583 g/mol. The molecule has 3 N–H and O–H groups in total. The predicted octanol–water partition coefficient (Wildman–Crippen LogP) is 6.58. The molecule has 1 atom stereocenters. The average Bonchev–Trinajstić information content (AvgIpc) is 3.39. The second-order valence-corrected chi connectivity index (χ2v) is 10.1. The molecule has 0 radical (unpaired) electrons. The zero-order chi connectivity index (χ0) is 29.6. The van der Waals surface area contributed by atoms with Gasteiger partial charge in [-0.05, 0) is 72.9 Å². The number of ether oxygens (including phenoxy) is 1. The monoisotopic (exact) mass is 582 g/mol. The Hall–Kier alpha value is -4.45. The third-order valence-corrected chi connectivity index (χ3v) is 6.22. The summed E-state index contributed by atoms with van der Waals surface area (Å²) in [5.74, 6) is 0.443.